The fraction of sp³-hybridized carbons (Fsp3) is 0.483. The van der Waals surface area contributed by atoms with Crippen molar-refractivity contribution in [2.75, 3.05) is 83.3 Å². The van der Waals surface area contributed by atoms with Crippen LogP contribution in [0.2, 0.25) is 0 Å². The maximum Gasteiger partial charge on any atom is 0.430 e. The minimum Gasteiger partial charge on any atom is -0.495 e. The van der Waals surface area contributed by atoms with E-state index in [4.69, 9.17) is 9.57 Å². The van der Waals surface area contributed by atoms with Crippen molar-refractivity contribution in [3.05, 3.63) is 54.0 Å². The number of rotatable bonds is 9. The second-order valence-electron chi connectivity index (χ2n) is 10.4. The molecule has 5 rings (SSSR count). The highest BCUT2D eigenvalue weighted by atomic mass is 35.5. The van der Waals surface area contributed by atoms with Crippen molar-refractivity contribution in [1.82, 2.24) is 19.8 Å². The van der Waals surface area contributed by atoms with Gasteiger partial charge in [0, 0.05) is 75.1 Å². The lowest BCUT2D eigenvalue weighted by molar-refractivity contribution is -0.118. The van der Waals surface area contributed by atoms with Gasteiger partial charge in [-0.1, -0.05) is 0 Å². The Balaban J connectivity index is 0.00000231. The Morgan fingerprint density at radius 2 is 1.73 bits per heavy atom. The van der Waals surface area contributed by atoms with E-state index in [1.165, 1.54) is 11.6 Å². The van der Waals surface area contributed by atoms with Crippen molar-refractivity contribution >= 4 is 53.2 Å². The molecule has 0 atom stereocenters. The van der Waals surface area contributed by atoms with Gasteiger partial charge in [0.15, 0.2) is 0 Å². The summed E-state index contributed by atoms with van der Waals surface area (Å²) in [4.78, 5) is 28.4. The van der Waals surface area contributed by atoms with Gasteiger partial charge in [0.25, 0.3) is 0 Å². The molecule has 9 nitrogen and oxygen atoms in total. The van der Waals surface area contributed by atoms with Gasteiger partial charge in [-0.15, -0.1) is 29.9 Å². The van der Waals surface area contributed by atoms with E-state index in [2.05, 4.69) is 32.0 Å². The molecule has 2 N–H and O–H groups in total. The molecule has 2 aliphatic heterocycles. The van der Waals surface area contributed by atoms with Crippen LogP contribution in [-0.4, -0.2) is 99.0 Å². The molecule has 0 saturated carbocycles. The molecule has 0 spiro atoms. The topological polar surface area (TPSA) is 76.3 Å². The van der Waals surface area contributed by atoms with Crippen LogP contribution in [0.1, 0.15) is 18.4 Å². The number of carbonyl (C=O) groups excluding carboxylic acids is 1. The van der Waals surface area contributed by atoms with Gasteiger partial charge in [0.05, 0.1) is 12.8 Å². The number of fused-ring (bicyclic) bond motifs is 1. The number of methoxy groups -OCH3 is 1. The van der Waals surface area contributed by atoms with E-state index >= 15 is 0 Å². The van der Waals surface area contributed by atoms with Gasteiger partial charge in [0.2, 0.25) is 0 Å². The molecule has 0 aliphatic carbocycles. The lowest BCUT2D eigenvalue weighted by atomic mass is 10.1. The van der Waals surface area contributed by atoms with Gasteiger partial charge < -0.3 is 29.3 Å². The summed E-state index contributed by atoms with van der Waals surface area (Å²) >= 11 is 0. The number of unbranched alkanes of at least 4 members (excludes halogenated alkanes) is 1. The number of likely N-dealkylation sites (N-methyl/N-ethyl adjacent to an activating group) is 1. The van der Waals surface area contributed by atoms with Crippen LogP contribution >= 0.6 is 24.8 Å². The number of halogens is 3. The van der Waals surface area contributed by atoms with E-state index in [0.717, 1.165) is 87.4 Å². The Morgan fingerprint density at radius 1 is 0.976 bits per heavy atom. The molecule has 0 radical (unpaired) electrons. The quantitative estimate of drug-likeness (QED) is 0.330. The van der Waals surface area contributed by atoms with Crippen LogP contribution in [0, 0.1) is 5.82 Å². The Kier molecular flexibility index (Phi) is 12.4. The summed E-state index contributed by atoms with van der Waals surface area (Å²) in [6.07, 6.45) is 4.55. The van der Waals surface area contributed by atoms with Gasteiger partial charge in [-0.2, -0.15) is 0 Å². The van der Waals surface area contributed by atoms with Gasteiger partial charge in [-0.3, -0.25) is 5.32 Å². The molecule has 3 aromatic rings. The largest absolute Gasteiger partial charge is 0.495 e. The van der Waals surface area contributed by atoms with Crippen LogP contribution in [0.5, 0.6) is 5.75 Å². The number of anilines is 2. The summed E-state index contributed by atoms with van der Waals surface area (Å²) in [5.74, 6) is 0.599. The maximum absolute atomic E-state index is 13.6. The maximum atomic E-state index is 13.6. The lowest BCUT2D eigenvalue weighted by Gasteiger charge is -2.35. The summed E-state index contributed by atoms with van der Waals surface area (Å²) in [6, 6.07) is 10.6. The highest BCUT2D eigenvalue weighted by Crippen LogP contribution is 2.32. The monoisotopic (exact) mass is 610 g/mol. The molecule has 3 heterocycles. The van der Waals surface area contributed by atoms with E-state index in [-0.39, 0.29) is 30.6 Å². The number of piperazine rings is 2. The molecule has 41 heavy (non-hydrogen) atoms. The number of nitrogens with zero attached hydrogens (tertiary/aromatic N) is 4. The van der Waals surface area contributed by atoms with E-state index in [9.17, 15) is 9.18 Å². The van der Waals surface area contributed by atoms with Gasteiger partial charge >= 0.3 is 6.09 Å². The molecule has 0 bridgehead atoms. The average Bonchev–Trinajstić information content (AvgIpc) is 3.34. The Morgan fingerprint density at radius 3 is 2.46 bits per heavy atom. The smallest absolute Gasteiger partial charge is 0.430 e. The van der Waals surface area contributed by atoms with Crippen molar-refractivity contribution in [1.29, 1.82) is 0 Å². The third-order valence-electron chi connectivity index (χ3n) is 7.71. The number of aromatic nitrogens is 1. The number of nitrogens with one attached hydrogen (secondary N) is 2. The molecule has 1 amide bonds. The molecule has 2 saturated heterocycles. The van der Waals surface area contributed by atoms with E-state index in [1.54, 1.807) is 24.3 Å². The van der Waals surface area contributed by atoms with E-state index < -0.39 is 6.09 Å². The van der Waals surface area contributed by atoms with Crippen LogP contribution in [0.25, 0.3) is 10.9 Å². The van der Waals surface area contributed by atoms with Crippen molar-refractivity contribution in [3.63, 3.8) is 0 Å². The van der Waals surface area contributed by atoms with Crippen molar-refractivity contribution in [2.24, 2.45) is 0 Å². The molecule has 2 aliphatic rings. The number of ether oxygens (including phenoxy) is 1. The zero-order valence-electron chi connectivity index (χ0n) is 23.7. The SMILES string of the molecule is COc1ccc(NC(=O)ON2CCN(CCCCc3c[nH]c4ccc(F)cc34)CC2)cc1N1CCN(C)CC1.Cl.Cl. The average molecular weight is 612 g/mol. The molecule has 2 fully saturated rings. The van der Waals surface area contributed by atoms with Crippen LogP contribution in [-0.2, 0) is 11.3 Å². The Bertz CT molecular complexity index is 1260. The number of benzene rings is 2. The first-order valence-corrected chi connectivity index (χ1v) is 13.8. The predicted octanol–water partition coefficient (Wildman–Crippen LogP) is 5.02. The second kappa shape index (κ2) is 15.5. The zero-order chi connectivity index (χ0) is 27.2. The minimum atomic E-state index is -0.479. The molecule has 0 unspecified atom stereocenters. The lowest BCUT2D eigenvalue weighted by Crippen LogP contribution is -2.47. The molecular weight excluding hydrogens is 570 g/mol. The number of aryl methyl sites for hydroxylation is 1. The van der Waals surface area contributed by atoms with Crippen molar-refractivity contribution in [2.45, 2.75) is 19.3 Å². The summed E-state index contributed by atoms with van der Waals surface area (Å²) in [5.41, 5.74) is 3.82. The first-order valence-electron chi connectivity index (χ1n) is 13.8. The van der Waals surface area contributed by atoms with Crippen LogP contribution in [0.3, 0.4) is 0 Å². The van der Waals surface area contributed by atoms with Gasteiger partial charge in [0.1, 0.15) is 11.6 Å². The molecule has 226 valence electrons. The summed E-state index contributed by atoms with van der Waals surface area (Å²) in [7, 11) is 3.79. The fourth-order valence-electron chi connectivity index (χ4n) is 5.37. The predicted molar refractivity (Wildman–Crippen MR) is 167 cm³/mol. The highest BCUT2D eigenvalue weighted by Gasteiger charge is 2.22. The number of hydroxylamine groups is 2. The number of carbonyl (C=O) groups is 1. The van der Waals surface area contributed by atoms with Crippen molar-refractivity contribution in [3.8, 4) is 5.75 Å². The Hall–Kier alpha value is -2.76. The van der Waals surface area contributed by atoms with Crippen LogP contribution < -0.4 is 15.0 Å². The summed E-state index contributed by atoms with van der Waals surface area (Å²) in [5, 5.41) is 5.59. The number of H-pyrrole nitrogens is 1. The third kappa shape index (κ3) is 8.62. The molecule has 2 aromatic carbocycles. The first kappa shape index (κ1) is 32.8. The number of hydrogen-bond acceptors (Lipinski definition) is 7. The van der Waals surface area contributed by atoms with Crippen molar-refractivity contribution < 1.29 is 18.8 Å². The zero-order valence-corrected chi connectivity index (χ0v) is 25.4. The summed E-state index contributed by atoms with van der Waals surface area (Å²) in [6.45, 7) is 7.83. The normalized spacial score (nSPS) is 16.6. The van der Waals surface area contributed by atoms with E-state index in [0.29, 0.717) is 18.8 Å². The summed E-state index contributed by atoms with van der Waals surface area (Å²) < 4.78 is 19.2. The van der Waals surface area contributed by atoms with Gasteiger partial charge in [-0.25, -0.2) is 9.18 Å². The molecular formula is C29H41Cl2FN6O3. The van der Waals surface area contributed by atoms with Crippen LogP contribution in [0.15, 0.2) is 42.6 Å². The fourth-order valence-corrected chi connectivity index (χ4v) is 5.37. The molecule has 12 heteroatoms. The van der Waals surface area contributed by atoms with Crippen LogP contribution in [0.4, 0.5) is 20.6 Å². The highest BCUT2D eigenvalue weighted by molar-refractivity contribution is 5.86. The minimum absolute atomic E-state index is 0. The standard InChI is InChI=1S/C29H39FN6O3.2ClH/c1-33-11-15-35(16-12-33)27-20-24(7-9-28(27)38-2)32-29(37)39-36-17-13-34(14-18-36)10-4-3-5-22-21-31-26-8-6-23(30)19-25(22)26;;/h6-9,19-21,31H,3-5,10-18H2,1-2H3,(H,32,37);2*1H. The first-order chi connectivity index (χ1) is 19.0. The number of hydrogen-bond donors (Lipinski definition) is 2. The van der Waals surface area contributed by atoms with E-state index in [1.807, 2.05) is 24.4 Å². The number of amides is 1. The molecule has 1 aromatic heterocycles. The van der Waals surface area contributed by atoms with Gasteiger partial charge in [-0.05, 0) is 74.8 Å². The second-order valence-corrected chi connectivity index (χ2v) is 10.4. The number of aromatic amines is 1. The Labute approximate surface area is 253 Å². The third-order valence-corrected chi connectivity index (χ3v) is 7.71.